The minimum absolute atomic E-state index is 0.670. The van der Waals surface area contributed by atoms with Gasteiger partial charge in [0.1, 0.15) is 0 Å². The SMILES string of the molecule is C#Cc1ccccc1C1CCC(C=CC)CC1.C1=CC2=CC=C1C2. The summed E-state index contributed by atoms with van der Waals surface area (Å²) < 4.78 is 0. The van der Waals surface area contributed by atoms with Crippen LogP contribution in [0.2, 0.25) is 0 Å². The molecule has 24 heavy (non-hydrogen) atoms. The molecular formula is C24H26. The summed E-state index contributed by atoms with van der Waals surface area (Å²) in [5.41, 5.74) is 5.40. The Bertz CT molecular complexity index is 706. The highest BCUT2D eigenvalue weighted by Crippen LogP contribution is 2.37. The fourth-order valence-corrected chi connectivity index (χ4v) is 3.89. The number of allylic oxidation sites excluding steroid dienone is 8. The minimum Gasteiger partial charge on any atom is -0.115 e. The second-order valence-corrected chi connectivity index (χ2v) is 6.86. The van der Waals surface area contributed by atoms with E-state index in [2.05, 4.69) is 67.5 Å². The Morgan fingerprint density at radius 2 is 1.67 bits per heavy atom. The smallest absolute Gasteiger partial charge is 0.0277 e. The molecule has 0 heterocycles. The maximum atomic E-state index is 5.57. The van der Waals surface area contributed by atoms with Crippen LogP contribution < -0.4 is 0 Å². The number of fused-ring (bicyclic) bond motifs is 2. The van der Waals surface area contributed by atoms with Gasteiger partial charge < -0.3 is 0 Å². The Morgan fingerprint density at radius 1 is 1.00 bits per heavy atom. The molecule has 0 spiro atoms. The molecule has 0 nitrogen and oxygen atoms in total. The van der Waals surface area contributed by atoms with Gasteiger partial charge in [0.15, 0.2) is 0 Å². The Morgan fingerprint density at radius 3 is 2.17 bits per heavy atom. The molecule has 3 aliphatic rings. The van der Waals surface area contributed by atoms with E-state index in [9.17, 15) is 0 Å². The van der Waals surface area contributed by atoms with Crippen molar-refractivity contribution < 1.29 is 0 Å². The standard InChI is InChI=1S/C17H20.C7H6/c1-3-7-14-10-12-16(13-11-14)17-9-6-5-8-15(17)4-2;1-2-7-4-3-6(1)5-7/h2-3,5-9,14,16H,10-13H2,1H3;1-4H,5H2. The predicted molar refractivity (Wildman–Crippen MR) is 104 cm³/mol. The minimum atomic E-state index is 0.670. The lowest BCUT2D eigenvalue weighted by Gasteiger charge is -2.27. The molecule has 1 aromatic rings. The van der Waals surface area contributed by atoms with E-state index in [1.807, 2.05) is 6.07 Å². The van der Waals surface area contributed by atoms with Gasteiger partial charge in [-0.15, -0.1) is 6.42 Å². The molecule has 0 amide bonds. The first-order valence-electron chi connectivity index (χ1n) is 9.06. The van der Waals surface area contributed by atoms with Crippen LogP contribution in [0.5, 0.6) is 0 Å². The molecule has 2 bridgehead atoms. The van der Waals surface area contributed by atoms with Crippen LogP contribution in [0.1, 0.15) is 56.1 Å². The van der Waals surface area contributed by atoms with Gasteiger partial charge in [0.2, 0.25) is 0 Å². The summed E-state index contributed by atoms with van der Waals surface area (Å²) in [5, 5.41) is 0. The molecule has 0 aromatic heterocycles. The lowest BCUT2D eigenvalue weighted by molar-refractivity contribution is 0.375. The zero-order valence-corrected chi connectivity index (χ0v) is 14.5. The van der Waals surface area contributed by atoms with Crippen molar-refractivity contribution in [3.8, 4) is 12.3 Å². The lowest BCUT2D eigenvalue weighted by Crippen LogP contribution is -2.12. The molecule has 122 valence electrons. The van der Waals surface area contributed by atoms with Crippen molar-refractivity contribution in [2.75, 3.05) is 0 Å². The number of hydrogen-bond donors (Lipinski definition) is 0. The van der Waals surface area contributed by atoms with Crippen molar-refractivity contribution in [3.05, 3.63) is 83.0 Å². The fraction of sp³-hybridized carbons (Fsp3) is 0.333. The third-order valence-corrected chi connectivity index (χ3v) is 5.22. The van der Waals surface area contributed by atoms with Gasteiger partial charge in [-0.1, -0.05) is 60.6 Å². The third kappa shape index (κ3) is 3.98. The van der Waals surface area contributed by atoms with Crippen LogP contribution in [-0.2, 0) is 0 Å². The predicted octanol–water partition coefficient (Wildman–Crippen LogP) is 6.33. The molecule has 0 heteroatoms. The van der Waals surface area contributed by atoms with Crippen molar-refractivity contribution in [2.24, 2.45) is 5.92 Å². The Kier molecular flexibility index (Phi) is 5.55. The number of hydrogen-bond acceptors (Lipinski definition) is 0. The molecule has 1 saturated carbocycles. The summed E-state index contributed by atoms with van der Waals surface area (Å²) in [6, 6.07) is 8.40. The molecule has 0 radical (unpaired) electrons. The van der Waals surface area contributed by atoms with Gasteiger partial charge in [-0.25, -0.2) is 0 Å². The van der Waals surface area contributed by atoms with E-state index < -0.39 is 0 Å². The first-order chi connectivity index (χ1) is 11.8. The second kappa shape index (κ2) is 8.02. The van der Waals surface area contributed by atoms with Crippen LogP contribution in [0.3, 0.4) is 0 Å². The zero-order chi connectivity index (χ0) is 16.8. The molecule has 4 rings (SSSR count). The molecule has 3 aliphatic carbocycles. The Labute approximate surface area is 146 Å². The molecule has 0 saturated heterocycles. The van der Waals surface area contributed by atoms with E-state index >= 15 is 0 Å². The molecule has 0 unspecified atom stereocenters. The third-order valence-electron chi connectivity index (χ3n) is 5.22. The van der Waals surface area contributed by atoms with Gasteiger partial charge in [-0.3, -0.25) is 0 Å². The summed E-state index contributed by atoms with van der Waals surface area (Å²) in [5.74, 6) is 4.27. The van der Waals surface area contributed by atoms with Gasteiger partial charge in [-0.2, -0.15) is 0 Å². The van der Waals surface area contributed by atoms with E-state index in [1.165, 1.54) is 48.8 Å². The zero-order valence-electron chi connectivity index (χ0n) is 14.5. The van der Waals surface area contributed by atoms with Crippen LogP contribution in [-0.4, -0.2) is 0 Å². The first-order valence-corrected chi connectivity index (χ1v) is 9.06. The summed E-state index contributed by atoms with van der Waals surface area (Å²) in [6.45, 7) is 2.11. The fourth-order valence-electron chi connectivity index (χ4n) is 3.89. The highest BCUT2D eigenvalue weighted by atomic mass is 14.3. The van der Waals surface area contributed by atoms with Crippen LogP contribution in [0.25, 0.3) is 0 Å². The van der Waals surface area contributed by atoms with Gasteiger partial charge in [0.05, 0.1) is 0 Å². The molecule has 0 N–H and O–H groups in total. The molecule has 0 atom stereocenters. The monoisotopic (exact) mass is 314 g/mol. The Hall–Kier alpha value is -2.26. The van der Waals surface area contributed by atoms with E-state index in [4.69, 9.17) is 6.42 Å². The Balaban J connectivity index is 0.000000198. The first kappa shape index (κ1) is 16.6. The van der Waals surface area contributed by atoms with E-state index in [0.717, 1.165) is 11.5 Å². The normalized spacial score (nSPS) is 24.2. The summed E-state index contributed by atoms with van der Waals surface area (Å²) in [7, 11) is 0. The van der Waals surface area contributed by atoms with Crippen molar-refractivity contribution in [1.82, 2.24) is 0 Å². The quantitative estimate of drug-likeness (QED) is 0.442. The highest BCUT2D eigenvalue weighted by molar-refractivity contribution is 5.49. The molecule has 1 fully saturated rings. The summed E-state index contributed by atoms with van der Waals surface area (Å²) >= 11 is 0. The maximum absolute atomic E-state index is 5.57. The van der Waals surface area contributed by atoms with Crippen molar-refractivity contribution in [3.63, 3.8) is 0 Å². The average Bonchev–Trinajstić information content (AvgIpc) is 3.29. The van der Waals surface area contributed by atoms with Gasteiger partial charge in [0, 0.05) is 5.56 Å². The topological polar surface area (TPSA) is 0 Å². The largest absolute Gasteiger partial charge is 0.115 e. The van der Waals surface area contributed by atoms with Gasteiger partial charge in [-0.05, 0) is 73.6 Å². The molecule has 0 aliphatic heterocycles. The highest BCUT2D eigenvalue weighted by Gasteiger charge is 2.21. The summed E-state index contributed by atoms with van der Waals surface area (Å²) in [4.78, 5) is 0. The van der Waals surface area contributed by atoms with E-state index in [0.29, 0.717) is 5.92 Å². The van der Waals surface area contributed by atoms with E-state index in [1.54, 1.807) is 0 Å². The lowest BCUT2D eigenvalue weighted by atomic mass is 9.77. The number of rotatable bonds is 2. The van der Waals surface area contributed by atoms with Crippen LogP contribution >= 0.6 is 0 Å². The van der Waals surface area contributed by atoms with Crippen molar-refractivity contribution >= 4 is 0 Å². The van der Waals surface area contributed by atoms with Crippen LogP contribution in [0, 0.1) is 18.3 Å². The van der Waals surface area contributed by atoms with E-state index in [-0.39, 0.29) is 0 Å². The molecule has 1 aromatic carbocycles. The van der Waals surface area contributed by atoms with Crippen molar-refractivity contribution in [2.45, 2.75) is 44.9 Å². The van der Waals surface area contributed by atoms with Crippen LogP contribution in [0.15, 0.2) is 71.9 Å². The number of benzene rings is 1. The summed E-state index contributed by atoms with van der Waals surface area (Å²) in [6.07, 6.45) is 25.1. The van der Waals surface area contributed by atoms with Crippen LogP contribution in [0.4, 0.5) is 0 Å². The van der Waals surface area contributed by atoms with Gasteiger partial charge in [0.25, 0.3) is 0 Å². The molecular weight excluding hydrogens is 288 g/mol. The van der Waals surface area contributed by atoms with Crippen molar-refractivity contribution in [1.29, 1.82) is 0 Å². The maximum Gasteiger partial charge on any atom is 0.0277 e. The average molecular weight is 314 g/mol. The van der Waals surface area contributed by atoms with Gasteiger partial charge >= 0.3 is 0 Å². The second-order valence-electron chi connectivity index (χ2n) is 6.86. The number of terminal acetylenes is 1.